The lowest BCUT2D eigenvalue weighted by molar-refractivity contribution is -0.120. The van der Waals surface area contributed by atoms with Gasteiger partial charge in [0.15, 0.2) is 0 Å². The van der Waals surface area contributed by atoms with E-state index in [2.05, 4.69) is 36.0 Å². The van der Waals surface area contributed by atoms with Crippen LogP contribution in [0.25, 0.3) is 0 Å². The van der Waals surface area contributed by atoms with Crippen molar-refractivity contribution in [3.8, 4) is 5.88 Å². The lowest BCUT2D eigenvalue weighted by Gasteiger charge is -2.23. The average molecular weight is 367 g/mol. The van der Waals surface area contributed by atoms with Gasteiger partial charge >= 0.3 is 0 Å². The molecule has 3 aliphatic rings. The number of Topliss-reactive ketones (excluding diaryl/α,β-unsaturated/α-hetero) is 1. The van der Waals surface area contributed by atoms with E-state index < -0.39 is 0 Å². The highest BCUT2D eigenvalue weighted by Crippen LogP contribution is 2.48. The SMILES string of the molecule is CC1=CC=C(C2CC2COc2nc(C)ncc2C2CCC(=O)CC2)CC1C. The molecule has 144 valence electrons. The van der Waals surface area contributed by atoms with Crippen molar-refractivity contribution in [2.24, 2.45) is 17.8 Å². The predicted molar refractivity (Wildman–Crippen MR) is 106 cm³/mol. The number of allylic oxidation sites excluding steroid dienone is 4. The van der Waals surface area contributed by atoms with Crippen molar-refractivity contribution < 1.29 is 9.53 Å². The van der Waals surface area contributed by atoms with E-state index in [1.807, 2.05) is 13.1 Å². The number of ketones is 1. The minimum Gasteiger partial charge on any atom is -0.477 e. The predicted octanol–water partition coefficient (Wildman–Crippen LogP) is 4.94. The van der Waals surface area contributed by atoms with Crippen LogP contribution in [0.1, 0.15) is 69.7 Å². The minimum absolute atomic E-state index is 0.350. The molecule has 1 aromatic rings. The van der Waals surface area contributed by atoms with Crippen LogP contribution >= 0.6 is 0 Å². The average Bonchev–Trinajstić information content (AvgIpc) is 3.43. The largest absolute Gasteiger partial charge is 0.477 e. The smallest absolute Gasteiger partial charge is 0.220 e. The highest BCUT2D eigenvalue weighted by Gasteiger charge is 2.41. The molecule has 27 heavy (non-hydrogen) atoms. The molecule has 4 rings (SSSR count). The third kappa shape index (κ3) is 4.15. The van der Waals surface area contributed by atoms with Crippen molar-refractivity contribution in [3.05, 3.63) is 40.9 Å². The van der Waals surface area contributed by atoms with Gasteiger partial charge in [-0.3, -0.25) is 4.79 Å². The van der Waals surface area contributed by atoms with E-state index in [1.165, 1.54) is 18.4 Å². The minimum atomic E-state index is 0.350. The number of ether oxygens (including phenoxy) is 1. The van der Waals surface area contributed by atoms with Crippen molar-refractivity contribution in [1.29, 1.82) is 0 Å². The van der Waals surface area contributed by atoms with Gasteiger partial charge in [0.1, 0.15) is 11.6 Å². The van der Waals surface area contributed by atoms with E-state index >= 15 is 0 Å². The van der Waals surface area contributed by atoms with Gasteiger partial charge in [0.05, 0.1) is 6.61 Å². The summed E-state index contributed by atoms with van der Waals surface area (Å²) in [4.78, 5) is 20.5. The van der Waals surface area contributed by atoms with Crippen LogP contribution in [0.2, 0.25) is 0 Å². The van der Waals surface area contributed by atoms with Crippen LogP contribution in [0.3, 0.4) is 0 Å². The summed E-state index contributed by atoms with van der Waals surface area (Å²) < 4.78 is 6.21. The van der Waals surface area contributed by atoms with Gasteiger partial charge in [0.2, 0.25) is 5.88 Å². The molecule has 0 amide bonds. The van der Waals surface area contributed by atoms with Gasteiger partial charge in [-0.1, -0.05) is 30.2 Å². The fourth-order valence-corrected chi connectivity index (χ4v) is 4.44. The van der Waals surface area contributed by atoms with Crippen molar-refractivity contribution in [3.63, 3.8) is 0 Å². The second kappa shape index (κ2) is 7.57. The molecule has 3 unspecified atom stereocenters. The van der Waals surface area contributed by atoms with Gasteiger partial charge in [-0.25, -0.2) is 4.98 Å². The number of carbonyl (C=O) groups excluding carboxylic acids is 1. The van der Waals surface area contributed by atoms with Gasteiger partial charge in [0, 0.05) is 30.5 Å². The second-order valence-electron chi connectivity index (χ2n) is 8.66. The van der Waals surface area contributed by atoms with Crippen LogP contribution < -0.4 is 4.74 Å². The molecule has 4 heteroatoms. The molecule has 3 atom stereocenters. The lowest BCUT2D eigenvalue weighted by atomic mass is 9.84. The fraction of sp³-hybridized carbons (Fsp3) is 0.609. The molecular formula is C23H30N2O2. The first kappa shape index (κ1) is 18.4. The van der Waals surface area contributed by atoms with Crippen molar-refractivity contribution in [1.82, 2.24) is 9.97 Å². The Hall–Kier alpha value is -1.97. The number of nitrogens with zero attached hydrogens (tertiary/aromatic N) is 2. The Kier molecular flexibility index (Phi) is 5.16. The fourth-order valence-electron chi connectivity index (χ4n) is 4.44. The molecule has 0 aromatic carbocycles. The first-order valence-electron chi connectivity index (χ1n) is 10.4. The molecule has 0 saturated heterocycles. The Morgan fingerprint density at radius 3 is 2.70 bits per heavy atom. The number of hydrogen-bond donors (Lipinski definition) is 0. The van der Waals surface area contributed by atoms with Crippen LogP contribution in [0, 0.1) is 24.7 Å². The van der Waals surface area contributed by atoms with E-state index in [0.717, 1.165) is 36.7 Å². The summed E-state index contributed by atoms with van der Waals surface area (Å²) in [6, 6.07) is 0. The number of carbonyl (C=O) groups is 1. The number of aromatic nitrogens is 2. The molecule has 2 fully saturated rings. The van der Waals surface area contributed by atoms with Crippen LogP contribution in [-0.4, -0.2) is 22.4 Å². The zero-order valence-corrected chi connectivity index (χ0v) is 16.7. The standard InChI is InChI=1S/C23H30N2O2/c1-14-4-5-18(10-15(14)2)21-11-19(21)13-27-23-22(12-24-16(3)25-23)17-6-8-20(26)9-7-17/h4-5,12,15,17,19,21H,6-11,13H2,1-3H3. The normalized spacial score (nSPS) is 28.6. The summed E-state index contributed by atoms with van der Waals surface area (Å²) in [6.45, 7) is 7.18. The molecule has 0 aliphatic heterocycles. The first-order chi connectivity index (χ1) is 13.0. The molecule has 0 spiro atoms. The monoisotopic (exact) mass is 366 g/mol. The summed E-state index contributed by atoms with van der Waals surface area (Å²) in [6.07, 6.45) is 12.1. The molecule has 4 nitrogen and oxygen atoms in total. The first-order valence-corrected chi connectivity index (χ1v) is 10.4. The molecule has 0 bridgehead atoms. The zero-order valence-electron chi connectivity index (χ0n) is 16.7. The van der Waals surface area contributed by atoms with E-state index in [9.17, 15) is 4.79 Å². The maximum absolute atomic E-state index is 11.6. The zero-order chi connectivity index (χ0) is 19.0. The topological polar surface area (TPSA) is 52.1 Å². The maximum Gasteiger partial charge on any atom is 0.220 e. The Morgan fingerprint density at radius 2 is 1.96 bits per heavy atom. The van der Waals surface area contributed by atoms with Gasteiger partial charge in [-0.05, 0) is 57.3 Å². The second-order valence-corrected chi connectivity index (χ2v) is 8.66. The quantitative estimate of drug-likeness (QED) is 0.741. The molecular weight excluding hydrogens is 336 g/mol. The number of aryl methyl sites for hydroxylation is 1. The summed E-state index contributed by atoms with van der Waals surface area (Å²) >= 11 is 0. The van der Waals surface area contributed by atoms with Crippen LogP contribution in [0.4, 0.5) is 0 Å². The van der Waals surface area contributed by atoms with Gasteiger partial charge in [-0.15, -0.1) is 0 Å². The lowest BCUT2D eigenvalue weighted by Crippen LogP contribution is -2.15. The van der Waals surface area contributed by atoms with Crippen molar-refractivity contribution in [2.75, 3.05) is 6.61 Å². The Labute approximate surface area is 162 Å². The molecule has 1 aromatic heterocycles. The number of rotatable bonds is 5. The van der Waals surface area contributed by atoms with Crippen LogP contribution in [-0.2, 0) is 4.79 Å². The molecule has 3 aliphatic carbocycles. The highest BCUT2D eigenvalue weighted by molar-refractivity contribution is 5.79. The van der Waals surface area contributed by atoms with Crippen molar-refractivity contribution >= 4 is 5.78 Å². The van der Waals surface area contributed by atoms with E-state index in [4.69, 9.17) is 4.74 Å². The van der Waals surface area contributed by atoms with E-state index in [0.29, 0.717) is 42.3 Å². The van der Waals surface area contributed by atoms with Gasteiger partial charge < -0.3 is 4.74 Å². The van der Waals surface area contributed by atoms with Crippen LogP contribution in [0.5, 0.6) is 5.88 Å². The summed E-state index contributed by atoms with van der Waals surface area (Å²) in [5.74, 6) is 4.16. The Balaban J connectivity index is 1.39. The van der Waals surface area contributed by atoms with Gasteiger partial charge in [-0.2, -0.15) is 4.98 Å². The van der Waals surface area contributed by atoms with E-state index in [1.54, 1.807) is 5.57 Å². The molecule has 0 radical (unpaired) electrons. The summed E-state index contributed by atoms with van der Waals surface area (Å²) in [5.41, 5.74) is 4.17. The third-order valence-electron chi connectivity index (χ3n) is 6.60. The van der Waals surface area contributed by atoms with Crippen molar-refractivity contribution in [2.45, 2.75) is 65.2 Å². The van der Waals surface area contributed by atoms with Crippen LogP contribution in [0.15, 0.2) is 29.5 Å². The Bertz CT molecular complexity index is 786. The third-order valence-corrected chi connectivity index (χ3v) is 6.60. The highest BCUT2D eigenvalue weighted by atomic mass is 16.5. The van der Waals surface area contributed by atoms with Gasteiger partial charge in [0.25, 0.3) is 0 Å². The summed E-state index contributed by atoms with van der Waals surface area (Å²) in [5, 5.41) is 0. The maximum atomic E-state index is 11.6. The van der Waals surface area contributed by atoms with E-state index in [-0.39, 0.29) is 0 Å². The molecule has 2 saturated carbocycles. The number of hydrogen-bond acceptors (Lipinski definition) is 4. The molecule has 0 N–H and O–H groups in total. The molecule has 1 heterocycles. The Morgan fingerprint density at radius 1 is 1.19 bits per heavy atom. The summed E-state index contributed by atoms with van der Waals surface area (Å²) in [7, 11) is 0.